The van der Waals surface area contributed by atoms with Crippen molar-refractivity contribution in [2.45, 2.75) is 12.8 Å². The number of nitrogens with two attached hydrogens (primary N) is 1. The largest absolute Gasteiger partial charge is 0.493 e. The molecule has 22 heavy (non-hydrogen) atoms. The lowest BCUT2D eigenvalue weighted by molar-refractivity contribution is 0.210. The van der Waals surface area contributed by atoms with Gasteiger partial charge >= 0.3 is 0 Å². The van der Waals surface area contributed by atoms with Crippen molar-refractivity contribution in [1.29, 1.82) is 0 Å². The number of rotatable bonds is 4. The van der Waals surface area contributed by atoms with Gasteiger partial charge in [-0.05, 0) is 24.5 Å². The normalized spacial score (nSPS) is 16.5. The number of hydrogen-bond donors (Lipinski definition) is 1. The molecule has 6 nitrogen and oxygen atoms in total. The third-order valence-corrected chi connectivity index (χ3v) is 3.73. The van der Waals surface area contributed by atoms with Crippen molar-refractivity contribution < 1.29 is 14.2 Å². The van der Waals surface area contributed by atoms with E-state index in [0.717, 1.165) is 35.6 Å². The molecule has 1 atom stereocenters. The minimum Gasteiger partial charge on any atom is -0.493 e. The highest BCUT2D eigenvalue weighted by Crippen LogP contribution is 2.36. The molecule has 0 aliphatic carbocycles. The number of nitrogens with zero attached hydrogens (tertiary/aromatic N) is 2. The van der Waals surface area contributed by atoms with Crippen molar-refractivity contribution in [1.82, 2.24) is 9.97 Å². The molecule has 1 aromatic carbocycles. The fraction of sp³-hybridized carbons (Fsp3) is 0.375. The van der Waals surface area contributed by atoms with Gasteiger partial charge in [0.05, 0.1) is 26.5 Å². The summed E-state index contributed by atoms with van der Waals surface area (Å²) in [5, 5.41) is 0. The standard InChI is InChI=1S/C16H19N3O3/c1-20-13-5-3-4-11-6-10(9-22-15(11)13)7-12-8-14(21-2)19-16(17)18-12/h3-5,8,10H,6-7,9H2,1-2H3,(H2,17,18,19). The minimum absolute atomic E-state index is 0.230. The van der Waals surface area contributed by atoms with Crippen molar-refractivity contribution in [3.8, 4) is 17.4 Å². The van der Waals surface area contributed by atoms with E-state index >= 15 is 0 Å². The molecule has 1 aromatic heterocycles. The number of methoxy groups -OCH3 is 2. The van der Waals surface area contributed by atoms with Crippen LogP contribution in [0.3, 0.4) is 0 Å². The van der Waals surface area contributed by atoms with Gasteiger partial charge in [0.1, 0.15) is 0 Å². The Morgan fingerprint density at radius 2 is 2.14 bits per heavy atom. The molecule has 0 amide bonds. The molecular formula is C16H19N3O3. The topological polar surface area (TPSA) is 79.5 Å². The van der Waals surface area contributed by atoms with Crippen molar-refractivity contribution in [3.05, 3.63) is 35.5 Å². The molecule has 2 heterocycles. The highest BCUT2D eigenvalue weighted by molar-refractivity contribution is 5.47. The summed E-state index contributed by atoms with van der Waals surface area (Å²) in [6.07, 6.45) is 1.68. The summed E-state index contributed by atoms with van der Waals surface area (Å²) in [6, 6.07) is 7.78. The maximum atomic E-state index is 5.89. The summed E-state index contributed by atoms with van der Waals surface area (Å²) in [4.78, 5) is 8.27. The molecule has 1 aliphatic rings. The van der Waals surface area contributed by atoms with Gasteiger partial charge in [0.25, 0.3) is 0 Å². The van der Waals surface area contributed by atoms with Crippen molar-refractivity contribution in [2.75, 3.05) is 26.6 Å². The van der Waals surface area contributed by atoms with Crippen LogP contribution in [0.4, 0.5) is 5.95 Å². The average Bonchev–Trinajstić information content (AvgIpc) is 2.53. The first-order valence-electron chi connectivity index (χ1n) is 7.15. The van der Waals surface area contributed by atoms with Gasteiger partial charge in [0.2, 0.25) is 11.8 Å². The zero-order chi connectivity index (χ0) is 15.5. The lowest BCUT2D eigenvalue weighted by Gasteiger charge is -2.26. The Balaban J connectivity index is 1.77. The molecule has 6 heteroatoms. The van der Waals surface area contributed by atoms with Crippen LogP contribution in [0, 0.1) is 5.92 Å². The van der Waals surface area contributed by atoms with Crippen LogP contribution in [0.25, 0.3) is 0 Å². The Hall–Kier alpha value is -2.50. The van der Waals surface area contributed by atoms with Crippen molar-refractivity contribution >= 4 is 5.95 Å². The first-order chi connectivity index (χ1) is 10.7. The molecule has 1 aliphatic heterocycles. The number of anilines is 1. The average molecular weight is 301 g/mol. The molecule has 2 aromatic rings. The van der Waals surface area contributed by atoms with E-state index in [1.807, 2.05) is 18.2 Å². The monoisotopic (exact) mass is 301 g/mol. The molecule has 2 N–H and O–H groups in total. The van der Waals surface area contributed by atoms with Gasteiger partial charge in [-0.15, -0.1) is 0 Å². The van der Waals surface area contributed by atoms with Crippen LogP contribution in [0.15, 0.2) is 24.3 Å². The van der Waals surface area contributed by atoms with E-state index in [1.54, 1.807) is 14.2 Å². The number of fused-ring (bicyclic) bond motifs is 1. The van der Waals surface area contributed by atoms with Crippen LogP contribution < -0.4 is 19.9 Å². The van der Waals surface area contributed by atoms with Crippen LogP contribution in [0.5, 0.6) is 17.4 Å². The summed E-state index contributed by atoms with van der Waals surface area (Å²) in [6.45, 7) is 0.625. The predicted octanol–water partition coefficient (Wildman–Crippen LogP) is 1.87. The quantitative estimate of drug-likeness (QED) is 0.928. The van der Waals surface area contributed by atoms with Gasteiger partial charge in [0.15, 0.2) is 11.5 Å². The van der Waals surface area contributed by atoms with Gasteiger partial charge in [-0.3, -0.25) is 0 Å². The maximum Gasteiger partial charge on any atom is 0.223 e. The number of benzene rings is 1. The second-order valence-electron chi connectivity index (χ2n) is 5.29. The zero-order valence-electron chi connectivity index (χ0n) is 12.7. The Kier molecular flexibility index (Phi) is 4.00. The fourth-order valence-electron chi connectivity index (χ4n) is 2.75. The van der Waals surface area contributed by atoms with Gasteiger partial charge in [-0.2, -0.15) is 4.98 Å². The van der Waals surface area contributed by atoms with E-state index in [9.17, 15) is 0 Å². The van der Waals surface area contributed by atoms with Gasteiger partial charge in [-0.1, -0.05) is 12.1 Å². The van der Waals surface area contributed by atoms with Crippen LogP contribution in [-0.2, 0) is 12.8 Å². The molecule has 0 fully saturated rings. The molecule has 0 spiro atoms. The summed E-state index contributed by atoms with van der Waals surface area (Å²) in [7, 11) is 3.22. The van der Waals surface area contributed by atoms with Crippen LogP contribution in [0.2, 0.25) is 0 Å². The summed E-state index contributed by atoms with van der Waals surface area (Å²) in [5.41, 5.74) is 7.73. The predicted molar refractivity (Wildman–Crippen MR) is 82.4 cm³/mol. The molecule has 0 radical (unpaired) electrons. The van der Waals surface area contributed by atoms with E-state index in [2.05, 4.69) is 16.0 Å². The van der Waals surface area contributed by atoms with Gasteiger partial charge < -0.3 is 19.9 Å². The van der Waals surface area contributed by atoms with Crippen LogP contribution in [0.1, 0.15) is 11.3 Å². The minimum atomic E-state index is 0.230. The third-order valence-electron chi connectivity index (χ3n) is 3.73. The Morgan fingerprint density at radius 3 is 2.91 bits per heavy atom. The molecular weight excluding hydrogens is 282 g/mol. The summed E-state index contributed by atoms with van der Waals surface area (Å²) >= 11 is 0. The first kappa shape index (κ1) is 14.4. The lowest BCUT2D eigenvalue weighted by atomic mass is 9.92. The second kappa shape index (κ2) is 6.09. The Morgan fingerprint density at radius 1 is 1.27 bits per heavy atom. The van der Waals surface area contributed by atoms with Gasteiger partial charge in [-0.25, -0.2) is 4.98 Å². The van der Waals surface area contributed by atoms with Crippen molar-refractivity contribution in [3.63, 3.8) is 0 Å². The van der Waals surface area contributed by atoms with Crippen LogP contribution in [-0.4, -0.2) is 30.8 Å². The number of para-hydroxylation sites is 1. The molecule has 116 valence electrons. The summed E-state index contributed by atoms with van der Waals surface area (Å²) < 4.78 is 16.4. The number of ether oxygens (including phenoxy) is 3. The van der Waals surface area contributed by atoms with Crippen molar-refractivity contribution in [2.24, 2.45) is 5.92 Å². The fourth-order valence-corrected chi connectivity index (χ4v) is 2.75. The third kappa shape index (κ3) is 2.90. The Labute approximate surface area is 129 Å². The highest BCUT2D eigenvalue weighted by Gasteiger charge is 2.23. The van der Waals surface area contributed by atoms with Crippen LogP contribution >= 0.6 is 0 Å². The molecule has 0 saturated heterocycles. The number of hydrogen-bond acceptors (Lipinski definition) is 6. The smallest absolute Gasteiger partial charge is 0.223 e. The highest BCUT2D eigenvalue weighted by atomic mass is 16.5. The maximum absolute atomic E-state index is 5.89. The van der Waals surface area contributed by atoms with E-state index in [4.69, 9.17) is 19.9 Å². The van der Waals surface area contributed by atoms with E-state index in [0.29, 0.717) is 18.4 Å². The molecule has 1 unspecified atom stereocenters. The Bertz CT molecular complexity index is 676. The van der Waals surface area contributed by atoms with E-state index in [1.165, 1.54) is 0 Å². The lowest BCUT2D eigenvalue weighted by Crippen LogP contribution is -2.23. The second-order valence-corrected chi connectivity index (χ2v) is 5.29. The SMILES string of the molecule is COc1cc(CC2COc3c(cccc3OC)C2)nc(N)n1. The van der Waals surface area contributed by atoms with E-state index in [-0.39, 0.29) is 5.95 Å². The molecule has 0 saturated carbocycles. The zero-order valence-corrected chi connectivity index (χ0v) is 12.7. The first-order valence-corrected chi connectivity index (χ1v) is 7.15. The summed E-state index contributed by atoms with van der Waals surface area (Å²) in [5.74, 6) is 2.68. The van der Waals surface area contributed by atoms with Gasteiger partial charge in [0, 0.05) is 12.0 Å². The van der Waals surface area contributed by atoms with E-state index < -0.39 is 0 Å². The molecule has 3 rings (SSSR count). The number of nitrogen functional groups attached to an aromatic ring is 1. The number of aromatic nitrogens is 2. The molecule has 0 bridgehead atoms.